The van der Waals surface area contributed by atoms with Crippen molar-refractivity contribution in [1.82, 2.24) is 5.43 Å². The minimum Gasteiger partial charge on any atom is -0.481 e. The second-order valence-corrected chi connectivity index (χ2v) is 9.87. The monoisotopic (exact) mass is 490 g/mol. The molecule has 0 aliphatic carbocycles. The molecule has 7 nitrogen and oxygen atoms in total. The maximum Gasteiger partial charge on any atom is 0.391 e. The smallest absolute Gasteiger partial charge is 0.391 e. The van der Waals surface area contributed by atoms with Crippen LogP contribution in [0.4, 0.5) is 35.9 Å². The maximum atomic E-state index is 12.9. The van der Waals surface area contributed by atoms with Crippen molar-refractivity contribution < 1.29 is 27.5 Å². The van der Waals surface area contributed by atoms with Gasteiger partial charge in [0.2, 0.25) is 5.91 Å². The summed E-state index contributed by atoms with van der Waals surface area (Å²) in [6.45, 7) is 5.84. The van der Waals surface area contributed by atoms with Crippen LogP contribution in [-0.2, 0) is 9.59 Å². The zero-order valence-corrected chi connectivity index (χ0v) is 19.9. The molecule has 2 N–H and O–H groups in total. The lowest BCUT2D eigenvalue weighted by molar-refractivity contribution is -0.179. The topological polar surface area (TPSA) is 73.9 Å². The molecule has 2 aromatic rings. The molecule has 4 rings (SSSR count). The van der Waals surface area contributed by atoms with Crippen molar-refractivity contribution >= 4 is 34.6 Å². The van der Waals surface area contributed by atoms with Gasteiger partial charge in [-0.25, -0.2) is 5.01 Å². The number of benzene rings is 2. The van der Waals surface area contributed by atoms with Crippen LogP contribution in [0, 0.1) is 11.3 Å². The predicted molar refractivity (Wildman–Crippen MR) is 128 cm³/mol. The highest BCUT2D eigenvalue weighted by atomic mass is 19.4. The molecule has 0 bridgehead atoms. The van der Waals surface area contributed by atoms with E-state index < -0.39 is 17.5 Å². The summed E-state index contributed by atoms with van der Waals surface area (Å²) in [5.74, 6) is -1.43. The summed E-state index contributed by atoms with van der Waals surface area (Å²) in [6, 6.07) is 12.7. The van der Waals surface area contributed by atoms with Gasteiger partial charge in [0.15, 0.2) is 6.61 Å². The summed E-state index contributed by atoms with van der Waals surface area (Å²) in [6.07, 6.45) is -3.91. The molecular weight excluding hydrogens is 461 g/mol. The van der Waals surface area contributed by atoms with E-state index in [1.54, 1.807) is 39.0 Å². The SMILES string of the molecule is CC(C)(C)C(=O)NN1C(=O)COc2cc(Nc3ccc(N4CCC(C(F)(F)F)CC4)cc3)ccc21. The van der Waals surface area contributed by atoms with Gasteiger partial charge in [0, 0.05) is 41.6 Å². The van der Waals surface area contributed by atoms with Gasteiger partial charge in [-0.15, -0.1) is 0 Å². The van der Waals surface area contributed by atoms with Crippen molar-refractivity contribution in [3.63, 3.8) is 0 Å². The minimum atomic E-state index is -4.12. The number of nitrogens with one attached hydrogen (secondary N) is 2. The number of hydrogen-bond donors (Lipinski definition) is 2. The van der Waals surface area contributed by atoms with Crippen molar-refractivity contribution in [2.45, 2.75) is 39.8 Å². The maximum absolute atomic E-state index is 12.9. The Kier molecular flexibility index (Phi) is 6.57. The van der Waals surface area contributed by atoms with Crippen LogP contribution < -0.4 is 25.4 Å². The number of anilines is 4. The molecule has 0 radical (unpaired) electrons. The molecule has 10 heteroatoms. The van der Waals surface area contributed by atoms with E-state index in [-0.39, 0.29) is 31.3 Å². The molecular formula is C25H29F3N4O3. The second kappa shape index (κ2) is 9.31. The highest BCUT2D eigenvalue weighted by molar-refractivity contribution is 6.01. The fraction of sp³-hybridized carbons (Fsp3) is 0.440. The summed E-state index contributed by atoms with van der Waals surface area (Å²) >= 11 is 0. The number of piperidine rings is 1. The Morgan fingerprint density at radius 3 is 2.23 bits per heavy atom. The third-order valence-electron chi connectivity index (χ3n) is 6.17. The highest BCUT2D eigenvalue weighted by Gasteiger charge is 2.41. The Morgan fingerprint density at radius 2 is 1.63 bits per heavy atom. The summed E-state index contributed by atoms with van der Waals surface area (Å²) < 4.78 is 44.3. The van der Waals surface area contributed by atoms with Gasteiger partial charge in [0.25, 0.3) is 5.91 Å². The van der Waals surface area contributed by atoms with Gasteiger partial charge in [-0.3, -0.25) is 15.0 Å². The molecule has 1 fully saturated rings. The Bertz CT molecular complexity index is 1090. The summed E-state index contributed by atoms with van der Waals surface area (Å²) in [4.78, 5) is 26.7. The number of carbonyl (C=O) groups is 2. The van der Waals surface area contributed by atoms with Gasteiger partial charge in [-0.05, 0) is 49.2 Å². The Morgan fingerprint density at radius 1 is 1.00 bits per heavy atom. The first-order valence-electron chi connectivity index (χ1n) is 11.5. The van der Waals surface area contributed by atoms with Crippen LogP contribution in [0.1, 0.15) is 33.6 Å². The zero-order valence-electron chi connectivity index (χ0n) is 19.9. The van der Waals surface area contributed by atoms with E-state index in [0.29, 0.717) is 24.5 Å². The Hall–Kier alpha value is -3.43. The van der Waals surface area contributed by atoms with Crippen molar-refractivity contribution in [2.24, 2.45) is 11.3 Å². The lowest BCUT2D eigenvalue weighted by atomic mass is 9.96. The van der Waals surface area contributed by atoms with Crippen molar-refractivity contribution in [2.75, 3.05) is 34.9 Å². The molecule has 0 aromatic heterocycles. The van der Waals surface area contributed by atoms with Gasteiger partial charge in [-0.2, -0.15) is 13.2 Å². The van der Waals surface area contributed by atoms with E-state index in [1.807, 2.05) is 29.2 Å². The molecule has 0 unspecified atom stereocenters. The lowest BCUT2D eigenvalue weighted by Gasteiger charge is -2.34. The first-order valence-corrected chi connectivity index (χ1v) is 11.5. The number of rotatable bonds is 4. The third-order valence-corrected chi connectivity index (χ3v) is 6.17. The van der Waals surface area contributed by atoms with Crippen molar-refractivity contribution in [1.29, 1.82) is 0 Å². The number of nitrogens with zero attached hydrogens (tertiary/aromatic N) is 2. The summed E-state index contributed by atoms with van der Waals surface area (Å²) in [5.41, 5.74) is 4.84. The molecule has 2 aliphatic rings. The molecule has 0 spiro atoms. The van der Waals surface area contributed by atoms with Crippen molar-refractivity contribution in [3.8, 4) is 5.75 Å². The molecule has 2 aliphatic heterocycles. The zero-order chi connectivity index (χ0) is 25.4. The van der Waals surface area contributed by atoms with Gasteiger partial charge < -0.3 is 15.0 Å². The average Bonchev–Trinajstić information content (AvgIpc) is 2.80. The van der Waals surface area contributed by atoms with Crippen LogP contribution in [0.15, 0.2) is 42.5 Å². The van der Waals surface area contributed by atoms with E-state index in [0.717, 1.165) is 17.1 Å². The van der Waals surface area contributed by atoms with E-state index in [2.05, 4.69) is 10.7 Å². The largest absolute Gasteiger partial charge is 0.481 e. The van der Waals surface area contributed by atoms with E-state index in [1.165, 1.54) is 5.01 Å². The third kappa shape index (κ3) is 5.63. The molecule has 0 saturated carbocycles. The molecule has 2 heterocycles. The molecule has 35 heavy (non-hydrogen) atoms. The van der Waals surface area contributed by atoms with E-state index >= 15 is 0 Å². The van der Waals surface area contributed by atoms with Crippen LogP contribution in [0.2, 0.25) is 0 Å². The number of amides is 2. The number of hydrazine groups is 1. The molecule has 188 valence electrons. The quantitative estimate of drug-likeness (QED) is 0.630. The number of fused-ring (bicyclic) bond motifs is 1. The minimum absolute atomic E-state index is 0.106. The highest BCUT2D eigenvalue weighted by Crippen LogP contribution is 2.37. The van der Waals surface area contributed by atoms with Crippen LogP contribution in [0.3, 0.4) is 0 Å². The predicted octanol–water partition coefficient (Wildman–Crippen LogP) is 5.01. The standard InChI is InChI=1S/C25H29F3N4O3/c1-24(2,3)23(34)30-32-20-9-6-18(14-21(20)35-15-22(32)33)29-17-4-7-19(8-5-17)31-12-10-16(11-13-31)25(26,27)28/h4-9,14,16,29H,10-13,15H2,1-3H3,(H,30,34). The fourth-order valence-electron chi connectivity index (χ4n) is 4.01. The van der Waals surface area contributed by atoms with Gasteiger partial charge in [0.1, 0.15) is 11.4 Å². The first kappa shape index (κ1) is 24.7. The average molecular weight is 491 g/mol. The van der Waals surface area contributed by atoms with E-state index in [4.69, 9.17) is 4.74 Å². The van der Waals surface area contributed by atoms with Gasteiger partial charge in [0.05, 0.1) is 5.92 Å². The molecule has 1 saturated heterocycles. The van der Waals surface area contributed by atoms with Crippen LogP contribution >= 0.6 is 0 Å². The van der Waals surface area contributed by atoms with Crippen molar-refractivity contribution in [3.05, 3.63) is 42.5 Å². The number of hydrogen-bond acceptors (Lipinski definition) is 5. The van der Waals surface area contributed by atoms with E-state index in [9.17, 15) is 22.8 Å². The number of carbonyl (C=O) groups excluding carboxylic acids is 2. The number of ether oxygens (including phenoxy) is 1. The Labute approximate surface area is 202 Å². The first-order chi connectivity index (χ1) is 16.4. The molecule has 2 amide bonds. The molecule has 0 atom stereocenters. The molecule has 2 aromatic carbocycles. The van der Waals surface area contributed by atoms with Crippen LogP contribution in [-0.4, -0.2) is 37.7 Å². The van der Waals surface area contributed by atoms with Crippen LogP contribution in [0.25, 0.3) is 0 Å². The van der Waals surface area contributed by atoms with Crippen LogP contribution in [0.5, 0.6) is 5.75 Å². The Balaban J connectivity index is 1.42. The summed E-state index contributed by atoms with van der Waals surface area (Å²) in [5, 5.41) is 4.48. The number of halogens is 3. The van der Waals surface area contributed by atoms with Gasteiger partial charge >= 0.3 is 6.18 Å². The second-order valence-electron chi connectivity index (χ2n) is 9.87. The number of alkyl halides is 3. The lowest BCUT2D eigenvalue weighted by Crippen LogP contribution is -2.53. The normalized spacial score (nSPS) is 17.0. The fourth-order valence-corrected chi connectivity index (χ4v) is 4.01. The van der Waals surface area contributed by atoms with Gasteiger partial charge in [-0.1, -0.05) is 20.8 Å². The summed E-state index contributed by atoms with van der Waals surface area (Å²) in [7, 11) is 0.